The number of hydrogen-bond acceptors (Lipinski definition) is 7. The number of nitrogens with zero attached hydrogens (tertiary/aromatic N) is 7. The lowest BCUT2D eigenvalue weighted by Crippen LogP contribution is -2.42. The SMILES string of the molecule is CC[C@@H]1c2nncn2-c2cnc(-c3ccncc3CN)nc2N1C1CCCC1. The maximum Gasteiger partial charge on any atom is 0.162 e. The van der Waals surface area contributed by atoms with Crippen molar-refractivity contribution in [3.63, 3.8) is 0 Å². The quantitative estimate of drug-likeness (QED) is 0.747. The first-order valence-electron chi connectivity index (χ1n) is 10.0. The highest BCUT2D eigenvalue weighted by molar-refractivity contribution is 5.68. The molecule has 0 saturated heterocycles. The van der Waals surface area contributed by atoms with Crippen LogP contribution in [0.2, 0.25) is 0 Å². The molecule has 1 atom stereocenters. The van der Waals surface area contributed by atoms with Crippen LogP contribution in [0, 0.1) is 0 Å². The minimum absolute atomic E-state index is 0.173. The smallest absolute Gasteiger partial charge is 0.162 e. The van der Waals surface area contributed by atoms with Gasteiger partial charge in [-0.15, -0.1) is 10.2 Å². The fourth-order valence-corrected chi connectivity index (χ4v) is 4.58. The number of hydrogen-bond donors (Lipinski definition) is 1. The van der Waals surface area contributed by atoms with Crippen molar-refractivity contribution >= 4 is 5.82 Å². The highest BCUT2D eigenvalue weighted by atomic mass is 15.4. The highest BCUT2D eigenvalue weighted by Gasteiger charge is 2.38. The van der Waals surface area contributed by atoms with Gasteiger partial charge in [0, 0.05) is 30.5 Å². The topological polar surface area (TPSA) is 98.6 Å². The fraction of sp³-hybridized carbons (Fsp3) is 0.450. The average Bonchev–Trinajstić information content (AvgIpc) is 3.44. The van der Waals surface area contributed by atoms with Gasteiger partial charge in [0.2, 0.25) is 0 Å². The molecule has 8 nitrogen and oxygen atoms in total. The van der Waals surface area contributed by atoms with Crippen LogP contribution in [0.4, 0.5) is 5.82 Å². The number of rotatable bonds is 4. The number of pyridine rings is 1. The molecule has 2 aliphatic rings. The van der Waals surface area contributed by atoms with Gasteiger partial charge in [0.05, 0.1) is 12.2 Å². The lowest BCUT2D eigenvalue weighted by molar-refractivity contribution is 0.469. The summed E-state index contributed by atoms with van der Waals surface area (Å²) < 4.78 is 2.04. The molecule has 28 heavy (non-hydrogen) atoms. The van der Waals surface area contributed by atoms with Crippen LogP contribution >= 0.6 is 0 Å². The zero-order valence-corrected chi connectivity index (χ0v) is 16.0. The molecule has 0 bridgehead atoms. The molecule has 1 fully saturated rings. The third kappa shape index (κ3) is 2.59. The van der Waals surface area contributed by atoms with E-state index in [0.717, 1.165) is 34.9 Å². The molecule has 8 heteroatoms. The van der Waals surface area contributed by atoms with Crippen LogP contribution in [0.25, 0.3) is 17.1 Å². The summed E-state index contributed by atoms with van der Waals surface area (Å²) in [7, 11) is 0. The standard InChI is InChI=1S/C20H24N8/c1-2-16-20-26-24-12-27(20)17-11-23-18(15-7-8-22-10-13(15)9-21)25-19(17)28(16)14-5-3-4-6-14/h7-8,10-12,14,16H,2-6,9,21H2,1H3/t16-/m1/s1. The third-order valence-corrected chi connectivity index (χ3v) is 5.93. The molecule has 5 rings (SSSR count). The molecular weight excluding hydrogens is 352 g/mol. The summed E-state index contributed by atoms with van der Waals surface area (Å²) in [6.07, 6.45) is 13.1. The van der Waals surface area contributed by atoms with Gasteiger partial charge < -0.3 is 10.6 Å². The molecule has 1 aliphatic heterocycles. The second-order valence-corrected chi connectivity index (χ2v) is 7.47. The number of anilines is 1. The van der Waals surface area contributed by atoms with E-state index in [2.05, 4.69) is 32.0 Å². The van der Waals surface area contributed by atoms with E-state index in [4.69, 9.17) is 10.7 Å². The monoisotopic (exact) mass is 376 g/mol. The summed E-state index contributed by atoms with van der Waals surface area (Å²) in [5, 5.41) is 8.60. The first-order chi connectivity index (χ1) is 13.8. The van der Waals surface area contributed by atoms with Crippen LogP contribution in [0.5, 0.6) is 0 Å². The van der Waals surface area contributed by atoms with Crippen molar-refractivity contribution in [1.82, 2.24) is 29.7 Å². The first-order valence-corrected chi connectivity index (χ1v) is 10.0. The lowest BCUT2D eigenvalue weighted by Gasteiger charge is -2.40. The predicted octanol–water partition coefficient (Wildman–Crippen LogP) is 2.79. The van der Waals surface area contributed by atoms with E-state index in [-0.39, 0.29) is 6.04 Å². The van der Waals surface area contributed by atoms with Crippen molar-refractivity contribution in [2.24, 2.45) is 5.73 Å². The van der Waals surface area contributed by atoms with Gasteiger partial charge in [0.25, 0.3) is 0 Å². The summed E-state index contributed by atoms with van der Waals surface area (Å²) in [4.78, 5) is 16.4. The summed E-state index contributed by atoms with van der Waals surface area (Å²) in [6, 6.07) is 2.59. The first kappa shape index (κ1) is 17.2. The number of aromatic nitrogens is 6. The Hall–Kier alpha value is -2.87. The Morgan fingerprint density at radius 1 is 1.21 bits per heavy atom. The van der Waals surface area contributed by atoms with Crippen LogP contribution in [0.3, 0.4) is 0 Å². The molecule has 0 unspecified atom stereocenters. The van der Waals surface area contributed by atoms with E-state index in [9.17, 15) is 0 Å². The summed E-state index contributed by atoms with van der Waals surface area (Å²) in [5.74, 6) is 2.64. The minimum Gasteiger partial charge on any atom is -0.342 e. The van der Waals surface area contributed by atoms with Crippen LogP contribution in [-0.2, 0) is 6.54 Å². The Morgan fingerprint density at radius 3 is 2.86 bits per heavy atom. The fourth-order valence-electron chi connectivity index (χ4n) is 4.58. The molecular formula is C20H24N8. The molecule has 2 N–H and O–H groups in total. The number of nitrogens with two attached hydrogens (primary N) is 1. The van der Waals surface area contributed by atoms with Crippen molar-refractivity contribution in [3.8, 4) is 17.1 Å². The molecule has 0 aromatic carbocycles. The van der Waals surface area contributed by atoms with Crippen molar-refractivity contribution in [1.29, 1.82) is 0 Å². The van der Waals surface area contributed by atoms with E-state index in [1.54, 1.807) is 18.7 Å². The molecule has 0 radical (unpaired) electrons. The largest absolute Gasteiger partial charge is 0.342 e. The van der Waals surface area contributed by atoms with E-state index in [1.165, 1.54) is 25.7 Å². The minimum atomic E-state index is 0.173. The molecule has 1 aliphatic carbocycles. The molecule has 3 aromatic heterocycles. The molecule has 144 valence electrons. The normalized spacial score (nSPS) is 18.9. The van der Waals surface area contributed by atoms with E-state index < -0.39 is 0 Å². The molecule has 3 aromatic rings. The van der Waals surface area contributed by atoms with Gasteiger partial charge in [-0.3, -0.25) is 9.55 Å². The Bertz CT molecular complexity index is 991. The zero-order chi connectivity index (χ0) is 19.1. The second-order valence-electron chi connectivity index (χ2n) is 7.47. The summed E-state index contributed by atoms with van der Waals surface area (Å²) in [5.41, 5.74) is 8.75. The van der Waals surface area contributed by atoms with Crippen molar-refractivity contribution < 1.29 is 0 Å². The number of fused-ring (bicyclic) bond motifs is 3. The molecule has 1 saturated carbocycles. The predicted molar refractivity (Wildman–Crippen MR) is 106 cm³/mol. The van der Waals surface area contributed by atoms with Gasteiger partial charge in [0.1, 0.15) is 12.0 Å². The Kier molecular flexibility index (Phi) is 4.27. The maximum atomic E-state index is 5.92. The lowest BCUT2D eigenvalue weighted by atomic mass is 10.0. The Morgan fingerprint density at radius 2 is 2.07 bits per heavy atom. The Balaban J connectivity index is 1.70. The van der Waals surface area contributed by atoms with Gasteiger partial charge >= 0.3 is 0 Å². The summed E-state index contributed by atoms with van der Waals surface area (Å²) >= 11 is 0. The van der Waals surface area contributed by atoms with Gasteiger partial charge in [0.15, 0.2) is 17.5 Å². The van der Waals surface area contributed by atoms with Crippen LogP contribution in [0.15, 0.2) is 31.0 Å². The van der Waals surface area contributed by atoms with Gasteiger partial charge in [-0.1, -0.05) is 19.8 Å². The van der Waals surface area contributed by atoms with Gasteiger partial charge in [-0.2, -0.15) is 0 Å². The second kappa shape index (κ2) is 6.94. The van der Waals surface area contributed by atoms with Crippen molar-refractivity contribution in [2.75, 3.05) is 4.90 Å². The van der Waals surface area contributed by atoms with E-state index >= 15 is 0 Å². The molecule has 4 heterocycles. The van der Waals surface area contributed by atoms with Gasteiger partial charge in [-0.05, 0) is 30.9 Å². The van der Waals surface area contributed by atoms with Gasteiger partial charge in [-0.25, -0.2) is 9.97 Å². The third-order valence-electron chi connectivity index (χ3n) is 5.93. The van der Waals surface area contributed by atoms with Crippen LogP contribution < -0.4 is 10.6 Å². The van der Waals surface area contributed by atoms with E-state index in [0.29, 0.717) is 18.4 Å². The van der Waals surface area contributed by atoms with Crippen LogP contribution in [-0.4, -0.2) is 35.8 Å². The molecule has 0 spiro atoms. The highest BCUT2D eigenvalue weighted by Crippen LogP contribution is 2.43. The Labute approximate surface area is 163 Å². The van der Waals surface area contributed by atoms with Crippen LogP contribution in [0.1, 0.15) is 56.5 Å². The zero-order valence-electron chi connectivity index (χ0n) is 16.0. The molecule has 0 amide bonds. The maximum absolute atomic E-state index is 5.92. The van der Waals surface area contributed by atoms with E-state index in [1.807, 2.05) is 16.8 Å². The van der Waals surface area contributed by atoms with Crippen molar-refractivity contribution in [2.45, 2.75) is 57.7 Å². The average molecular weight is 376 g/mol. The summed E-state index contributed by atoms with van der Waals surface area (Å²) in [6.45, 7) is 2.61. The van der Waals surface area contributed by atoms with Crippen molar-refractivity contribution in [3.05, 3.63) is 42.4 Å².